The average Bonchev–Trinajstić information content (AvgIpc) is 3.49. The zero-order valence-electron chi connectivity index (χ0n) is 16.5. The zero-order chi connectivity index (χ0) is 22.1. The fourth-order valence-corrected chi connectivity index (χ4v) is 3.37. The average molecular weight is 425 g/mol. The Balaban J connectivity index is 1.47. The predicted molar refractivity (Wildman–Crippen MR) is 117 cm³/mol. The molecule has 156 valence electrons. The fraction of sp³-hybridized carbons (Fsp3) is 0. The highest BCUT2D eigenvalue weighted by molar-refractivity contribution is 6.10. The van der Waals surface area contributed by atoms with E-state index in [9.17, 15) is 14.9 Å². The molecule has 1 amide bonds. The summed E-state index contributed by atoms with van der Waals surface area (Å²) in [5.41, 5.74) is 5.78. The van der Waals surface area contributed by atoms with Gasteiger partial charge in [-0.15, -0.1) is 5.10 Å². The second-order valence-corrected chi connectivity index (χ2v) is 6.92. The third kappa shape index (κ3) is 3.58. The van der Waals surface area contributed by atoms with Gasteiger partial charge in [0.2, 0.25) is 0 Å². The van der Waals surface area contributed by atoms with Crippen molar-refractivity contribution in [3.63, 3.8) is 0 Å². The number of pyridine rings is 1. The van der Waals surface area contributed by atoms with E-state index in [-0.39, 0.29) is 17.6 Å². The first-order valence-electron chi connectivity index (χ1n) is 9.65. The number of nitrogens with zero attached hydrogens (tertiary/aromatic N) is 4. The Morgan fingerprint density at radius 1 is 0.969 bits per heavy atom. The molecule has 0 aliphatic rings. The van der Waals surface area contributed by atoms with E-state index < -0.39 is 4.92 Å². The summed E-state index contributed by atoms with van der Waals surface area (Å²) in [5.74, 6) is -0.526. The number of aromatic nitrogens is 3. The van der Waals surface area contributed by atoms with Crippen molar-refractivity contribution in [1.29, 1.82) is 0 Å². The van der Waals surface area contributed by atoms with Gasteiger partial charge in [-0.05, 0) is 24.3 Å². The van der Waals surface area contributed by atoms with E-state index in [4.69, 9.17) is 4.42 Å². The molecule has 5 rings (SSSR count). The largest absolute Gasteiger partial charge is 0.433 e. The molecule has 1 N–H and O–H groups in total. The number of rotatable bonds is 5. The summed E-state index contributed by atoms with van der Waals surface area (Å²) >= 11 is 0. The van der Waals surface area contributed by atoms with Crippen LogP contribution < -0.4 is 5.43 Å². The summed E-state index contributed by atoms with van der Waals surface area (Å²) in [7, 11) is 0. The molecule has 5 aromatic rings. The number of hydrogen-bond donors (Lipinski definition) is 1. The smallest absolute Gasteiger partial charge is 0.399 e. The number of nitro groups is 1. The van der Waals surface area contributed by atoms with Crippen molar-refractivity contribution < 1.29 is 14.1 Å². The highest BCUT2D eigenvalue weighted by atomic mass is 16.6. The lowest BCUT2D eigenvalue weighted by atomic mass is 10.0. The van der Waals surface area contributed by atoms with E-state index in [0.29, 0.717) is 27.9 Å². The summed E-state index contributed by atoms with van der Waals surface area (Å²) in [4.78, 5) is 29.3. The molecule has 0 unspecified atom stereocenters. The van der Waals surface area contributed by atoms with Gasteiger partial charge in [0.15, 0.2) is 5.76 Å². The van der Waals surface area contributed by atoms with Gasteiger partial charge in [-0.2, -0.15) is 4.79 Å². The molecule has 3 heterocycles. The van der Waals surface area contributed by atoms with Gasteiger partial charge in [-0.1, -0.05) is 48.5 Å². The number of hydrogen-bond acceptors (Lipinski definition) is 6. The Labute approximate surface area is 181 Å². The minimum absolute atomic E-state index is 0.227. The molecule has 9 heteroatoms. The summed E-state index contributed by atoms with van der Waals surface area (Å²) < 4.78 is 5.16. The van der Waals surface area contributed by atoms with Crippen molar-refractivity contribution in [3.05, 3.63) is 101 Å². The summed E-state index contributed by atoms with van der Waals surface area (Å²) in [6.45, 7) is 0. The SMILES string of the molecule is O=C(Nn1ccc(-c2ccc([N+](=O)[O-])o2)n1)c1cc(-c2ccccc2)nc2ccccc12. The molecule has 0 radical (unpaired) electrons. The third-order valence-corrected chi connectivity index (χ3v) is 4.86. The van der Waals surface area contributed by atoms with E-state index in [2.05, 4.69) is 15.5 Å². The second-order valence-electron chi connectivity index (χ2n) is 6.92. The maximum absolute atomic E-state index is 13.1. The molecular weight excluding hydrogens is 410 g/mol. The van der Waals surface area contributed by atoms with Gasteiger partial charge in [-0.25, -0.2) is 10.4 Å². The minimum atomic E-state index is -0.624. The third-order valence-electron chi connectivity index (χ3n) is 4.86. The van der Waals surface area contributed by atoms with E-state index in [1.807, 2.05) is 54.6 Å². The van der Waals surface area contributed by atoms with E-state index in [0.717, 1.165) is 5.56 Å². The minimum Gasteiger partial charge on any atom is -0.399 e. The first-order chi connectivity index (χ1) is 15.6. The van der Waals surface area contributed by atoms with Crippen LogP contribution in [0.4, 0.5) is 5.88 Å². The quantitative estimate of drug-likeness (QED) is 0.324. The molecule has 0 aliphatic carbocycles. The van der Waals surface area contributed by atoms with Crippen molar-refractivity contribution in [2.75, 3.05) is 5.43 Å². The Bertz CT molecular complexity index is 1460. The van der Waals surface area contributed by atoms with Crippen molar-refractivity contribution in [2.45, 2.75) is 0 Å². The van der Waals surface area contributed by atoms with Crippen molar-refractivity contribution in [2.24, 2.45) is 0 Å². The summed E-state index contributed by atoms with van der Waals surface area (Å²) in [6, 6.07) is 23.0. The highest BCUT2D eigenvalue weighted by Crippen LogP contribution is 2.26. The molecular formula is C23H15N5O4. The van der Waals surface area contributed by atoms with Gasteiger partial charge in [0.05, 0.1) is 22.8 Å². The van der Waals surface area contributed by atoms with Gasteiger partial charge in [0, 0.05) is 17.1 Å². The molecule has 3 aromatic heterocycles. The lowest BCUT2D eigenvalue weighted by molar-refractivity contribution is -0.401. The number of benzene rings is 2. The first-order valence-corrected chi connectivity index (χ1v) is 9.65. The van der Waals surface area contributed by atoms with Crippen LogP contribution in [-0.4, -0.2) is 25.7 Å². The second kappa shape index (κ2) is 7.80. The van der Waals surface area contributed by atoms with Gasteiger partial charge >= 0.3 is 5.88 Å². The van der Waals surface area contributed by atoms with Crippen LogP contribution in [0.5, 0.6) is 0 Å². The number of fused-ring (bicyclic) bond motifs is 1. The van der Waals surface area contributed by atoms with Crippen LogP contribution in [-0.2, 0) is 0 Å². The summed E-state index contributed by atoms with van der Waals surface area (Å²) in [5, 5.41) is 15.8. The maximum atomic E-state index is 13.1. The number of para-hydroxylation sites is 1. The van der Waals surface area contributed by atoms with Crippen LogP contribution in [0, 0.1) is 10.1 Å². The van der Waals surface area contributed by atoms with Gasteiger partial charge in [0.1, 0.15) is 10.6 Å². The number of carbonyl (C=O) groups is 1. The van der Waals surface area contributed by atoms with Gasteiger partial charge < -0.3 is 4.42 Å². The Kier molecular flexibility index (Phi) is 4.68. The Morgan fingerprint density at radius 3 is 2.53 bits per heavy atom. The van der Waals surface area contributed by atoms with Crippen LogP contribution in [0.25, 0.3) is 33.6 Å². The van der Waals surface area contributed by atoms with E-state index >= 15 is 0 Å². The maximum Gasteiger partial charge on any atom is 0.433 e. The molecule has 0 saturated carbocycles. The molecule has 0 saturated heterocycles. The highest BCUT2D eigenvalue weighted by Gasteiger charge is 2.17. The first kappa shape index (κ1) is 19.2. The van der Waals surface area contributed by atoms with Crippen LogP contribution >= 0.6 is 0 Å². The van der Waals surface area contributed by atoms with E-state index in [1.165, 1.54) is 23.1 Å². The molecule has 0 spiro atoms. The molecule has 32 heavy (non-hydrogen) atoms. The van der Waals surface area contributed by atoms with Crippen LogP contribution in [0.3, 0.4) is 0 Å². The monoisotopic (exact) mass is 425 g/mol. The molecule has 9 nitrogen and oxygen atoms in total. The number of nitrogens with one attached hydrogen (secondary N) is 1. The fourth-order valence-electron chi connectivity index (χ4n) is 3.37. The lowest BCUT2D eigenvalue weighted by Gasteiger charge is -2.10. The summed E-state index contributed by atoms with van der Waals surface area (Å²) in [6.07, 6.45) is 1.53. The normalized spacial score (nSPS) is 10.9. The van der Waals surface area contributed by atoms with Crippen molar-refractivity contribution >= 4 is 22.7 Å². The molecule has 0 fully saturated rings. The number of carbonyl (C=O) groups excluding carboxylic acids is 1. The molecule has 0 bridgehead atoms. The van der Waals surface area contributed by atoms with Crippen LogP contribution in [0.1, 0.15) is 10.4 Å². The molecule has 2 aromatic carbocycles. The van der Waals surface area contributed by atoms with E-state index in [1.54, 1.807) is 12.1 Å². The lowest BCUT2D eigenvalue weighted by Crippen LogP contribution is -2.23. The standard InChI is InChI=1S/C23H15N5O4/c29-23(26-27-13-12-19(25-27)21-10-11-22(32-21)28(30)31)17-14-20(15-6-2-1-3-7-15)24-18-9-5-4-8-16(17)18/h1-14H,(H,26,29). The topological polar surface area (TPSA) is 116 Å². The molecule has 0 aliphatic heterocycles. The number of amides is 1. The number of furan rings is 1. The predicted octanol–water partition coefficient (Wildman–Crippen LogP) is 4.65. The van der Waals surface area contributed by atoms with Crippen molar-refractivity contribution in [1.82, 2.24) is 14.9 Å². The van der Waals surface area contributed by atoms with Gasteiger partial charge in [0.25, 0.3) is 5.91 Å². The van der Waals surface area contributed by atoms with Crippen molar-refractivity contribution in [3.8, 4) is 22.7 Å². The van der Waals surface area contributed by atoms with Crippen LogP contribution in [0.2, 0.25) is 0 Å². The zero-order valence-corrected chi connectivity index (χ0v) is 16.5. The Hall–Kier alpha value is -4.79. The van der Waals surface area contributed by atoms with Gasteiger partial charge in [-0.3, -0.25) is 14.9 Å². The Morgan fingerprint density at radius 2 is 1.75 bits per heavy atom. The molecule has 0 atom stereocenters. The van der Waals surface area contributed by atoms with Crippen LogP contribution in [0.15, 0.2) is 89.5 Å².